The fourth-order valence-corrected chi connectivity index (χ4v) is 4.04. The van der Waals surface area contributed by atoms with Gasteiger partial charge in [-0.1, -0.05) is 32.4 Å². The molecule has 3 aromatic heterocycles. The van der Waals surface area contributed by atoms with Crippen LogP contribution in [0, 0.1) is 11.2 Å². The van der Waals surface area contributed by atoms with Crippen LogP contribution in [0.3, 0.4) is 0 Å². The molecule has 0 amide bonds. The lowest BCUT2D eigenvalue weighted by Crippen LogP contribution is -2.19. The number of aryl methyl sites for hydroxylation is 2. The molecule has 4 rings (SSSR count). The van der Waals surface area contributed by atoms with E-state index in [0.717, 1.165) is 43.1 Å². The summed E-state index contributed by atoms with van der Waals surface area (Å²) in [5.41, 5.74) is 14.6. The maximum Gasteiger partial charge on any atom is 0.165 e. The van der Waals surface area contributed by atoms with Crippen molar-refractivity contribution in [3.8, 4) is 0 Å². The Morgan fingerprint density at radius 2 is 1.90 bits per heavy atom. The Morgan fingerprint density at radius 1 is 1.10 bits per heavy atom. The minimum absolute atomic E-state index is 0.143. The quantitative estimate of drug-likeness (QED) is 0.435. The standard InChI is InChI=1S/C24H28FN5/c1-3-24(2,10-8-16-4-5-17-6-7-21(26)29-20(17)14-16)11-13-30-12-9-18-22(30)19(25)15-28-23(18)27/h4-7,9,12,14-15H,3,8,10-11,13H2,1-2H3,(H2,26,29)(H2,27,28)/t24-/m1/s1. The molecule has 0 saturated carbocycles. The van der Waals surface area contributed by atoms with Gasteiger partial charge in [0.05, 0.1) is 17.2 Å². The Balaban J connectivity index is 1.47. The Kier molecular flexibility index (Phi) is 5.33. The van der Waals surface area contributed by atoms with Crippen molar-refractivity contribution >= 4 is 33.4 Å². The number of benzene rings is 1. The van der Waals surface area contributed by atoms with Crippen molar-refractivity contribution in [1.29, 1.82) is 0 Å². The number of nitrogen functional groups attached to an aromatic ring is 2. The van der Waals surface area contributed by atoms with E-state index in [1.807, 2.05) is 29.0 Å². The normalized spacial score (nSPS) is 13.7. The van der Waals surface area contributed by atoms with Crippen LogP contribution in [0.5, 0.6) is 0 Å². The third kappa shape index (κ3) is 3.95. The molecule has 6 heteroatoms. The van der Waals surface area contributed by atoms with Gasteiger partial charge in [0.1, 0.15) is 11.6 Å². The van der Waals surface area contributed by atoms with Crippen LogP contribution in [0.4, 0.5) is 16.0 Å². The maximum atomic E-state index is 14.3. The Labute approximate surface area is 175 Å². The average Bonchev–Trinajstić information content (AvgIpc) is 3.18. The molecular formula is C24H28FN5. The fraction of sp³-hybridized carbons (Fsp3) is 0.333. The van der Waals surface area contributed by atoms with E-state index in [2.05, 4.69) is 42.0 Å². The summed E-state index contributed by atoms with van der Waals surface area (Å²) >= 11 is 0. The molecule has 0 aliphatic heterocycles. The molecule has 0 saturated heterocycles. The second kappa shape index (κ2) is 7.94. The molecule has 4 aromatic rings. The molecule has 30 heavy (non-hydrogen) atoms. The van der Waals surface area contributed by atoms with Crippen molar-refractivity contribution in [2.75, 3.05) is 11.5 Å². The molecule has 156 valence electrons. The molecule has 0 aliphatic rings. The molecule has 0 unspecified atom stereocenters. The van der Waals surface area contributed by atoms with Crippen molar-refractivity contribution < 1.29 is 4.39 Å². The number of rotatable bonds is 7. The van der Waals surface area contributed by atoms with E-state index in [9.17, 15) is 4.39 Å². The number of fused-ring (bicyclic) bond motifs is 2. The van der Waals surface area contributed by atoms with E-state index in [0.29, 0.717) is 22.5 Å². The molecule has 0 radical (unpaired) electrons. The van der Waals surface area contributed by atoms with Gasteiger partial charge in [-0.2, -0.15) is 0 Å². The minimum atomic E-state index is -0.328. The molecule has 1 atom stereocenters. The highest BCUT2D eigenvalue weighted by Gasteiger charge is 2.23. The molecule has 0 aliphatic carbocycles. The minimum Gasteiger partial charge on any atom is -0.384 e. The van der Waals surface area contributed by atoms with Crippen molar-refractivity contribution in [3.05, 3.63) is 60.2 Å². The predicted molar refractivity (Wildman–Crippen MR) is 122 cm³/mol. The van der Waals surface area contributed by atoms with E-state index >= 15 is 0 Å². The number of halogens is 1. The average molecular weight is 406 g/mol. The Hall–Kier alpha value is -3.15. The fourth-order valence-electron chi connectivity index (χ4n) is 4.04. The zero-order valence-electron chi connectivity index (χ0n) is 17.5. The van der Waals surface area contributed by atoms with Crippen LogP contribution in [-0.4, -0.2) is 14.5 Å². The Bertz CT molecular complexity index is 1200. The summed E-state index contributed by atoms with van der Waals surface area (Å²) in [5.74, 6) is 0.583. The van der Waals surface area contributed by atoms with Crippen LogP contribution in [0.15, 0.2) is 48.8 Å². The number of hydrogen-bond donors (Lipinski definition) is 2. The van der Waals surface area contributed by atoms with Crippen LogP contribution < -0.4 is 11.5 Å². The van der Waals surface area contributed by atoms with Crippen LogP contribution in [0.1, 0.15) is 38.7 Å². The van der Waals surface area contributed by atoms with Crippen LogP contribution >= 0.6 is 0 Å². The number of nitrogens with zero attached hydrogens (tertiary/aromatic N) is 3. The van der Waals surface area contributed by atoms with Gasteiger partial charge in [-0.15, -0.1) is 0 Å². The van der Waals surface area contributed by atoms with Crippen LogP contribution in [0.25, 0.3) is 21.8 Å². The van der Waals surface area contributed by atoms with E-state index < -0.39 is 0 Å². The molecule has 0 spiro atoms. The topological polar surface area (TPSA) is 82.8 Å². The highest BCUT2D eigenvalue weighted by molar-refractivity contribution is 5.89. The lowest BCUT2D eigenvalue weighted by atomic mass is 9.78. The largest absolute Gasteiger partial charge is 0.384 e. The lowest BCUT2D eigenvalue weighted by molar-refractivity contribution is 0.247. The first-order valence-electron chi connectivity index (χ1n) is 10.4. The van der Waals surface area contributed by atoms with E-state index in [1.165, 1.54) is 11.8 Å². The maximum absolute atomic E-state index is 14.3. The molecule has 1 aromatic carbocycles. The van der Waals surface area contributed by atoms with Gasteiger partial charge in [-0.3, -0.25) is 0 Å². The number of nitrogens with two attached hydrogens (primary N) is 2. The van der Waals surface area contributed by atoms with E-state index in [1.54, 1.807) is 0 Å². The van der Waals surface area contributed by atoms with Gasteiger partial charge in [0.25, 0.3) is 0 Å². The van der Waals surface area contributed by atoms with E-state index in [-0.39, 0.29) is 11.2 Å². The zero-order chi connectivity index (χ0) is 21.3. The number of aromatic nitrogens is 3. The summed E-state index contributed by atoms with van der Waals surface area (Å²) in [7, 11) is 0. The van der Waals surface area contributed by atoms with Gasteiger partial charge in [0, 0.05) is 23.5 Å². The number of anilines is 2. The highest BCUT2D eigenvalue weighted by Crippen LogP contribution is 2.34. The van der Waals surface area contributed by atoms with E-state index in [4.69, 9.17) is 11.5 Å². The number of pyridine rings is 2. The van der Waals surface area contributed by atoms with Gasteiger partial charge in [-0.05, 0) is 54.5 Å². The SMILES string of the molecule is CC[C@](C)(CCc1ccc2ccc(N)nc2c1)CCn1ccc2c(N)ncc(F)c21. The smallest absolute Gasteiger partial charge is 0.165 e. The van der Waals surface area contributed by atoms with Gasteiger partial charge in [0.2, 0.25) is 0 Å². The van der Waals surface area contributed by atoms with Gasteiger partial charge in [0.15, 0.2) is 5.82 Å². The van der Waals surface area contributed by atoms with Crippen molar-refractivity contribution in [2.45, 2.75) is 46.1 Å². The third-order valence-corrected chi connectivity index (χ3v) is 6.39. The number of hydrogen-bond acceptors (Lipinski definition) is 4. The summed E-state index contributed by atoms with van der Waals surface area (Å²) in [4.78, 5) is 8.35. The van der Waals surface area contributed by atoms with Crippen LogP contribution in [0.2, 0.25) is 0 Å². The summed E-state index contributed by atoms with van der Waals surface area (Å²) in [6, 6.07) is 12.1. The zero-order valence-corrected chi connectivity index (χ0v) is 17.5. The first-order valence-corrected chi connectivity index (χ1v) is 10.4. The summed E-state index contributed by atoms with van der Waals surface area (Å²) in [6.07, 6.45) is 7.12. The molecule has 4 N–H and O–H groups in total. The highest BCUT2D eigenvalue weighted by atomic mass is 19.1. The first-order chi connectivity index (χ1) is 14.4. The molecular weight excluding hydrogens is 377 g/mol. The van der Waals surface area contributed by atoms with Crippen LogP contribution in [-0.2, 0) is 13.0 Å². The first kappa shape index (κ1) is 20.1. The third-order valence-electron chi connectivity index (χ3n) is 6.39. The molecule has 0 fully saturated rings. The second-order valence-electron chi connectivity index (χ2n) is 8.44. The summed E-state index contributed by atoms with van der Waals surface area (Å²) in [5, 5.41) is 1.78. The van der Waals surface area contributed by atoms with Crippen molar-refractivity contribution in [2.24, 2.45) is 5.41 Å². The monoisotopic (exact) mass is 405 g/mol. The van der Waals surface area contributed by atoms with Gasteiger partial charge >= 0.3 is 0 Å². The molecule has 3 heterocycles. The predicted octanol–water partition coefficient (Wildman–Crippen LogP) is 5.33. The van der Waals surface area contributed by atoms with Gasteiger partial charge in [-0.25, -0.2) is 14.4 Å². The summed E-state index contributed by atoms with van der Waals surface area (Å²) < 4.78 is 16.3. The van der Waals surface area contributed by atoms with Crippen molar-refractivity contribution in [1.82, 2.24) is 14.5 Å². The molecule has 5 nitrogen and oxygen atoms in total. The summed E-state index contributed by atoms with van der Waals surface area (Å²) in [6.45, 7) is 5.27. The second-order valence-corrected chi connectivity index (χ2v) is 8.44. The van der Waals surface area contributed by atoms with Crippen molar-refractivity contribution in [3.63, 3.8) is 0 Å². The lowest BCUT2D eigenvalue weighted by Gasteiger charge is -2.29. The van der Waals surface area contributed by atoms with Gasteiger partial charge < -0.3 is 16.0 Å². The molecule has 0 bridgehead atoms. The Morgan fingerprint density at radius 3 is 2.70 bits per heavy atom.